The maximum Gasteiger partial charge on any atom is 0.254 e. The van der Waals surface area contributed by atoms with Gasteiger partial charge in [0.05, 0.1) is 27.3 Å². The van der Waals surface area contributed by atoms with Crippen LogP contribution in [0, 0.1) is 0 Å². The molecular formula is C18H19NO4. The van der Waals surface area contributed by atoms with Crippen LogP contribution in [0.3, 0.4) is 0 Å². The molecule has 0 atom stereocenters. The van der Waals surface area contributed by atoms with E-state index in [-0.39, 0.29) is 12.0 Å². The Morgan fingerprint density at radius 2 is 1.35 bits per heavy atom. The van der Waals surface area contributed by atoms with Gasteiger partial charge in [-0.3, -0.25) is 4.79 Å². The Hall–Kier alpha value is -2.69. The molecule has 0 bridgehead atoms. The molecule has 1 amide bonds. The van der Waals surface area contributed by atoms with Crippen LogP contribution in [0.25, 0.3) is 0 Å². The van der Waals surface area contributed by atoms with Gasteiger partial charge in [0.15, 0.2) is 0 Å². The minimum absolute atomic E-state index is 0.0160. The van der Waals surface area contributed by atoms with Gasteiger partial charge in [-0.25, -0.2) is 0 Å². The van der Waals surface area contributed by atoms with Crippen LogP contribution in [0.1, 0.15) is 10.4 Å². The average Bonchev–Trinajstić information content (AvgIpc) is 2.58. The predicted molar refractivity (Wildman–Crippen MR) is 86.3 cm³/mol. The summed E-state index contributed by atoms with van der Waals surface area (Å²) in [6.07, 6.45) is 0.0330. The second-order valence-corrected chi connectivity index (χ2v) is 5.35. The molecule has 2 aromatic rings. The molecule has 2 aromatic carbocycles. The predicted octanol–water partition coefficient (Wildman–Crippen LogP) is 2.61. The molecule has 0 N–H and O–H groups in total. The molecular weight excluding hydrogens is 294 g/mol. The summed E-state index contributed by atoms with van der Waals surface area (Å²) in [5.41, 5.74) is 0.661. The third-order valence-electron chi connectivity index (χ3n) is 3.83. The van der Waals surface area contributed by atoms with E-state index in [1.165, 1.54) is 0 Å². The van der Waals surface area contributed by atoms with E-state index in [1.54, 1.807) is 43.4 Å². The molecule has 1 aliphatic rings. The zero-order valence-corrected chi connectivity index (χ0v) is 13.2. The molecule has 3 rings (SSSR count). The Morgan fingerprint density at radius 3 is 1.87 bits per heavy atom. The van der Waals surface area contributed by atoms with Crippen LogP contribution in [0.2, 0.25) is 0 Å². The SMILES string of the molecule is COc1ccc(OC2CN(C(=O)c3ccc(OC)cc3)C2)cc1. The molecule has 0 radical (unpaired) electrons. The Labute approximate surface area is 135 Å². The van der Waals surface area contributed by atoms with Crippen LogP contribution in [-0.2, 0) is 0 Å². The highest BCUT2D eigenvalue weighted by molar-refractivity contribution is 5.94. The van der Waals surface area contributed by atoms with Gasteiger partial charge in [0, 0.05) is 5.56 Å². The lowest BCUT2D eigenvalue weighted by Gasteiger charge is -2.39. The summed E-state index contributed by atoms with van der Waals surface area (Å²) in [6, 6.07) is 14.6. The van der Waals surface area contributed by atoms with Crippen molar-refractivity contribution >= 4 is 5.91 Å². The highest BCUT2D eigenvalue weighted by Crippen LogP contribution is 2.22. The normalized spacial score (nSPS) is 14.1. The fourth-order valence-corrected chi connectivity index (χ4v) is 2.44. The summed E-state index contributed by atoms with van der Waals surface area (Å²) >= 11 is 0. The number of nitrogens with zero attached hydrogens (tertiary/aromatic N) is 1. The molecule has 0 saturated carbocycles. The number of ether oxygens (including phenoxy) is 3. The lowest BCUT2D eigenvalue weighted by molar-refractivity contribution is 0.0178. The number of benzene rings is 2. The van der Waals surface area contributed by atoms with Gasteiger partial charge >= 0.3 is 0 Å². The lowest BCUT2D eigenvalue weighted by Crippen LogP contribution is -2.56. The van der Waals surface area contributed by atoms with E-state index >= 15 is 0 Å². The quantitative estimate of drug-likeness (QED) is 0.851. The molecule has 5 nitrogen and oxygen atoms in total. The van der Waals surface area contributed by atoms with E-state index in [4.69, 9.17) is 14.2 Å². The lowest BCUT2D eigenvalue weighted by atomic mass is 10.1. The van der Waals surface area contributed by atoms with E-state index in [2.05, 4.69) is 0 Å². The zero-order chi connectivity index (χ0) is 16.2. The number of hydrogen-bond donors (Lipinski definition) is 0. The summed E-state index contributed by atoms with van der Waals surface area (Å²) in [5, 5.41) is 0. The largest absolute Gasteiger partial charge is 0.497 e. The van der Waals surface area contributed by atoms with Crippen LogP contribution in [0.15, 0.2) is 48.5 Å². The Balaban J connectivity index is 1.52. The van der Waals surface area contributed by atoms with Crippen LogP contribution in [0.4, 0.5) is 0 Å². The topological polar surface area (TPSA) is 48.0 Å². The van der Waals surface area contributed by atoms with Gasteiger partial charge in [-0.05, 0) is 48.5 Å². The molecule has 0 aliphatic carbocycles. The Morgan fingerprint density at radius 1 is 0.870 bits per heavy atom. The summed E-state index contributed by atoms with van der Waals surface area (Å²) in [4.78, 5) is 14.1. The van der Waals surface area contributed by atoms with Crippen molar-refractivity contribution in [2.75, 3.05) is 27.3 Å². The Kier molecular flexibility index (Phi) is 4.37. The smallest absolute Gasteiger partial charge is 0.254 e. The average molecular weight is 313 g/mol. The third kappa shape index (κ3) is 3.39. The second-order valence-electron chi connectivity index (χ2n) is 5.35. The minimum atomic E-state index is 0.0160. The van der Waals surface area contributed by atoms with Gasteiger partial charge in [-0.15, -0.1) is 0 Å². The number of carbonyl (C=O) groups excluding carboxylic acids is 1. The van der Waals surface area contributed by atoms with E-state index < -0.39 is 0 Å². The number of methoxy groups -OCH3 is 2. The Bertz CT molecular complexity index is 660. The number of hydrogen-bond acceptors (Lipinski definition) is 4. The molecule has 1 heterocycles. The first-order valence-corrected chi connectivity index (χ1v) is 7.43. The van der Waals surface area contributed by atoms with E-state index in [9.17, 15) is 4.79 Å². The maximum atomic E-state index is 12.3. The number of rotatable bonds is 5. The van der Waals surface area contributed by atoms with Gasteiger partial charge < -0.3 is 19.1 Å². The fraction of sp³-hybridized carbons (Fsp3) is 0.278. The maximum absolute atomic E-state index is 12.3. The van der Waals surface area contributed by atoms with Crippen molar-refractivity contribution in [3.05, 3.63) is 54.1 Å². The molecule has 23 heavy (non-hydrogen) atoms. The minimum Gasteiger partial charge on any atom is -0.497 e. The summed E-state index contributed by atoms with van der Waals surface area (Å²) in [5.74, 6) is 2.34. The molecule has 1 saturated heterocycles. The van der Waals surface area contributed by atoms with Crippen molar-refractivity contribution in [3.8, 4) is 17.2 Å². The molecule has 5 heteroatoms. The van der Waals surface area contributed by atoms with Crippen molar-refractivity contribution < 1.29 is 19.0 Å². The molecule has 0 unspecified atom stereocenters. The molecule has 1 fully saturated rings. The van der Waals surface area contributed by atoms with E-state index in [1.807, 2.05) is 24.3 Å². The zero-order valence-electron chi connectivity index (χ0n) is 13.2. The van der Waals surface area contributed by atoms with Gasteiger partial charge in [0.2, 0.25) is 0 Å². The molecule has 0 spiro atoms. The van der Waals surface area contributed by atoms with Crippen molar-refractivity contribution in [1.29, 1.82) is 0 Å². The van der Waals surface area contributed by atoms with Crippen LogP contribution in [0.5, 0.6) is 17.2 Å². The van der Waals surface area contributed by atoms with Gasteiger partial charge in [-0.1, -0.05) is 0 Å². The van der Waals surface area contributed by atoms with Crippen LogP contribution in [-0.4, -0.2) is 44.2 Å². The molecule has 0 aromatic heterocycles. The third-order valence-corrected chi connectivity index (χ3v) is 3.83. The van der Waals surface area contributed by atoms with E-state index in [0.29, 0.717) is 18.7 Å². The standard InChI is InChI=1S/C18H19NO4/c1-21-14-5-3-13(4-6-14)18(20)19-11-17(12-19)23-16-9-7-15(22-2)8-10-16/h3-10,17H,11-12H2,1-2H3. The van der Waals surface area contributed by atoms with Crippen molar-refractivity contribution in [3.63, 3.8) is 0 Å². The van der Waals surface area contributed by atoms with Crippen LogP contribution >= 0.6 is 0 Å². The van der Waals surface area contributed by atoms with Gasteiger partial charge in [0.25, 0.3) is 5.91 Å². The summed E-state index contributed by atoms with van der Waals surface area (Å²) in [7, 11) is 3.23. The highest BCUT2D eigenvalue weighted by Gasteiger charge is 2.32. The van der Waals surface area contributed by atoms with Gasteiger partial charge in [0.1, 0.15) is 23.4 Å². The number of likely N-dealkylation sites (tertiary alicyclic amines) is 1. The number of carbonyl (C=O) groups is 1. The van der Waals surface area contributed by atoms with Crippen LogP contribution < -0.4 is 14.2 Å². The highest BCUT2D eigenvalue weighted by atomic mass is 16.5. The monoisotopic (exact) mass is 313 g/mol. The molecule has 1 aliphatic heterocycles. The number of amides is 1. The fourth-order valence-electron chi connectivity index (χ4n) is 2.44. The van der Waals surface area contributed by atoms with E-state index in [0.717, 1.165) is 17.2 Å². The van der Waals surface area contributed by atoms with Crippen molar-refractivity contribution in [2.45, 2.75) is 6.10 Å². The summed E-state index contributed by atoms with van der Waals surface area (Å²) in [6.45, 7) is 1.19. The van der Waals surface area contributed by atoms with Crippen molar-refractivity contribution in [1.82, 2.24) is 4.90 Å². The first-order chi connectivity index (χ1) is 11.2. The van der Waals surface area contributed by atoms with Gasteiger partial charge in [-0.2, -0.15) is 0 Å². The second kappa shape index (κ2) is 6.60. The van der Waals surface area contributed by atoms with Crippen molar-refractivity contribution in [2.24, 2.45) is 0 Å². The molecule has 120 valence electrons. The summed E-state index contributed by atoms with van der Waals surface area (Å²) < 4.78 is 16.0. The first-order valence-electron chi connectivity index (χ1n) is 7.43. The first kappa shape index (κ1) is 15.2.